The Morgan fingerprint density at radius 1 is 1.13 bits per heavy atom. The number of benzene rings is 1. The molecule has 3 aliphatic heterocycles. The molecule has 126 valence electrons. The summed E-state index contributed by atoms with van der Waals surface area (Å²) in [5, 5.41) is 0. The van der Waals surface area contributed by atoms with Gasteiger partial charge < -0.3 is 4.74 Å². The van der Waals surface area contributed by atoms with Gasteiger partial charge in [0.1, 0.15) is 5.75 Å². The lowest BCUT2D eigenvalue weighted by atomic mass is 9.78. The van der Waals surface area contributed by atoms with Crippen LogP contribution in [0.5, 0.6) is 5.75 Å². The van der Waals surface area contributed by atoms with Gasteiger partial charge in [-0.15, -0.1) is 0 Å². The Bertz CT molecular complexity index is 541. The molecule has 2 nitrogen and oxygen atoms in total. The van der Waals surface area contributed by atoms with E-state index in [2.05, 4.69) is 36.9 Å². The Labute approximate surface area is 141 Å². The fraction of sp³-hybridized carbons (Fsp3) is 0.714. The monoisotopic (exact) mass is 313 g/mol. The van der Waals surface area contributed by atoms with E-state index in [1.165, 1.54) is 61.9 Å². The minimum absolute atomic E-state index is 0.646. The number of hydrogen-bond donors (Lipinski definition) is 0. The smallest absolute Gasteiger partial charge is 0.126 e. The van der Waals surface area contributed by atoms with Gasteiger partial charge in [0.15, 0.2) is 0 Å². The van der Waals surface area contributed by atoms with Gasteiger partial charge in [0.25, 0.3) is 0 Å². The zero-order valence-corrected chi connectivity index (χ0v) is 14.8. The number of hydrogen-bond acceptors (Lipinski definition) is 2. The average molecular weight is 313 g/mol. The summed E-state index contributed by atoms with van der Waals surface area (Å²) in [6, 6.07) is 8.51. The van der Waals surface area contributed by atoms with Gasteiger partial charge in [0, 0.05) is 23.6 Å². The Kier molecular flexibility index (Phi) is 4.36. The molecular weight excluding hydrogens is 282 g/mol. The predicted molar refractivity (Wildman–Crippen MR) is 95.2 cm³/mol. The summed E-state index contributed by atoms with van der Waals surface area (Å²) in [4.78, 5) is 2.85. The van der Waals surface area contributed by atoms with Crippen molar-refractivity contribution >= 4 is 0 Å². The van der Waals surface area contributed by atoms with Crippen LogP contribution in [0.1, 0.15) is 69.4 Å². The van der Waals surface area contributed by atoms with E-state index in [4.69, 9.17) is 4.74 Å². The lowest BCUT2D eigenvalue weighted by Gasteiger charge is -2.40. The van der Waals surface area contributed by atoms with E-state index < -0.39 is 0 Å². The Morgan fingerprint density at radius 3 is 2.61 bits per heavy atom. The van der Waals surface area contributed by atoms with Gasteiger partial charge in [-0.1, -0.05) is 38.5 Å². The van der Waals surface area contributed by atoms with Gasteiger partial charge >= 0.3 is 0 Å². The van der Waals surface area contributed by atoms with E-state index in [0.29, 0.717) is 5.92 Å². The van der Waals surface area contributed by atoms with Crippen molar-refractivity contribution in [2.24, 2.45) is 5.92 Å². The molecule has 0 saturated carbocycles. The van der Waals surface area contributed by atoms with Crippen molar-refractivity contribution in [2.75, 3.05) is 13.2 Å². The fourth-order valence-corrected chi connectivity index (χ4v) is 5.35. The first-order chi connectivity index (χ1) is 11.3. The zero-order valence-electron chi connectivity index (χ0n) is 14.8. The summed E-state index contributed by atoms with van der Waals surface area (Å²) >= 11 is 0. The Morgan fingerprint density at radius 2 is 1.91 bits per heavy atom. The van der Waals surface area contributed by atoms with Gasteiger partial charge in [-0.2, -0.15) is 0 Å². The molecule has 0 amide bonds. The van der Waals surface area contributed by atoms with Crippen molar-refractivity contribution in [3.63, 3.8) is 0 Å². The van der Waals surface area contributed by atoms with Crippen LogP contribution in [0.15, 0.2) is 18.2 Å². The second kappa shape index (κ2) is 6.47. The number of fused-ring (bicyclic) bond motifs is 3. The van der Waals surface area contributed by atoms with E-state index in [-0.39, 0.29) is 0 Å². The minimum Gasteiger partial charge on any atom is -0.492 e. The molecule has 4 rings (SSSR count). The molecule has 2 saturated heterocycles. The van der Waals surface area contributed by atoms with Crippen LogP contribution in [0, 0.1) is 5.92 Å². The first kappa shape index (κ1) is 15.5. The molecule has 3 aliphatic rings. The van der Waals surface area contributed by atoms with Crippen LogP contribution in [0.3, 0.4) is 0 Å². The van der Waals surface area contributed by atoms with Crippen LogP contribution >= 0.6 is 0 Å². The molecule has 0 radical (unpaired) electrons. The second-order valence-electron chi connectivity index (χ2n) is 7.81. The SMILES string of the molecule is CCCCN1C2CCC1CC(C1COc3c(CC)cccc31)C2. The normalized spacial score (nSPS) is 32.8. The van der Waals surface area contributed by atoms with Crippen LogP contribution < -0.4 is 4.74 Å². The molecule has 2 bridgehead atoms. The first-order valence-electron chi connectivity index (χ1n) is 9.82. The quantitative estimate of drug-likeness (QED) is 0.776. The van der Waals surface area contributed by atoms with Gasteiger partial charge in [0.05, 0.1) is 6.61 Å². The first-order valence-corrected chi connectivity index (χ1v) is 9.82. The summed E-state index contributed by atoms with van der Waals surface area (Å²) in [6.45, 7) is 6.80. The van der Waals surface area contributed by atoms with Crippen LogP contribution in [-0.2, 0) is 6.42 Å². The van der Waals surface area contributed by atoms with Crippen molar-refractivity contribution in [3.8, 4) is 5.75 Å². The third-order valence-electron chi connectivity index (χ3n) is 6.57. The molecule has 0 spiro atoms. The van der Waals surface area contributed by atoms with Crippen molar-refractivity contribution in [2.45, 2.75) is 76.8 Å². The predicted octanol–water partition coefficient (Wildman–Crippen LogP) is 4.77. The maximum absolute atomic E-state index is 6.16. The van der Waals surface area contributed by atoms with Crippen molar-refractivity contribution in [1.82, 2.24) is 4.90 Å². The van der Waals surface area contributed by atoms with Crippen LogP contribution in [0.2, 0.25) is 0 Å². The molecule has 3 heterocycles. The molecule has 2 fully saturated rings. The molecular formula is C21H31NO. The van der Waals surface area contributed by atoms with Crippen LogP contribution in [-0.4, -0.2) is 30.1 Å². The number of aryl methyl sites for hydroxylation is 1. The molecule has 3 atom stereocenters. The van der Waals surface area contributed by atoms with E-state index in [0.717, 1.165) is 31.0 Å². The van der Waals surface area contributed by atoms with Crippen molar-refractivity contribution in [3.05, 3.63) is 29.3 Å². The van der Waals surface area contributed by atoms with Gasteiger partial charge in [-0.3, -0.25) is 4.90 Å². The number of ether oxygens (including phenoxy) is 1. The summed E-state index contributed by atoms with van der Waals surface area (Å²) in [5.74, 6) is 2.70. The third kappa shape index (κ3) is 2.69. The standard InChI is InChI=1S/C21H31NO/c1-3-5-11-22-17-9-10-18(22)13-16(12-17)20-14-23-21-15(4-2)7-6-8-19(20)21/h6-8,16-18,20H,3-5,9-14H2,1-2H3. The molecule has 1 aromatic rings. The number of unbranched alkanes of at least 4 members (excludes halogenated alkanes) is 1. The molecule has 3 unspecified atom stereocenters. The Balaban J connectivity index is 1.50. The highest BCUT2D eigenvalue weighted by molar-refractivity contribution is 5.46. The van der Waals surface area contributed by atoms with Gasteiger partial charge in [-0.25, -0.2) is 0 Å². The van der Waals surface area contributed by atoms with Crippen LogP contribution in [0.25, 0.3) is 0 Å². The van der Waals surface area contributed by atoms with Gasteiger partial charge in [0.2, 0.25) is 0 Å². The lowest BCUT2D eigenvalue weighted by Crippen LogP contribution is -2.44. The number of para-hydroxylation sites is 1. The van der Waals surface area contributed by atoms with E-state index >= 15 is 0 Å². The highest BCUT2D eigenvalue weighted by Gasteiger charge is 2.44. The summed E-state index contributed by atoms with van der Waals surface area (Å²) in [6.07, 6.45) is 9.42. The number of piperidine rings is 1. The highest BCUT2D eigenvalue weighted by Crippen LogP contribution is 2.48. The number of rotatable bonds is 5. The summed E-state index contributed by atoms with van der Waals surface area (Å²) in [7, 11) is 0. The maximum Gasteiger partial charge on any atom is 0.126 e. The highest BCUT2D eigenvalue weighted by atomic mass is 16.5. The number of nitrogens with zero attached hydrogens (tertiary/aromatic N) is 1. The van der Waals surface area contributed by atoms with E-state index in [1.54, 1.807) is 0 Å². The Hall–Kier alpha value is -1.02. The topological polar surface area (TPSA) is 12.5 Å². The van der Waals surface area contributed by atoms with Gasteiger partial charge in [-0.05, 0) is 56.6 Å². The van der Waals surface area contributed by atoms with Crippen molar-refractivity contribution < 1.29 is 4.74 Å². The zero-order chi connectivity index (χ0) is 15.8. The molecule has 0 aromatic heterocycles. The second-order valence-corrected chi connectivity index (χ2v) is 7.81. The molecule has 0 N–H and O–H groups in total. The average Bonchev–Trinajstić information content (AvgIpc) is 3.11. The fourth-order valence-electron chi connectivity index (χ4n) is 5.35. The largest absolute Gasteiger partial charge is 0.492 e. The molecule has 2 heteroatoms. The van der Waals surface area contributed by atoms with Crippen molar-refractivity contribution in [1.29, 1.82) is 0 Å². The maximum atomic E-state index is 6.16. The van der Waals surface area contributed by atoms with Crippen LogP contribution in [0.4, 0.5) is 0 Å². The molecule has 1 aromatic carbocycles. The summed E-state index contributed by atoms with van der Waals surface area (Å²) in [5.41, 5.74) is 2.91. The molecule has 23 heavy (non-hydrogen) atoms. The van der Waals surface area contributed by atoms with E-state index in [1.807, 2.05) is 0 Å². The minimum atomic E-state index is 0.646. The van der Waals surface area contributed by atoms with E-state index in [9.17, 15) is 0 Å². The lowest BCUT2D eigenvalue weighted by molar-refractivity contribution is 0.0869. The molecule has 0 aliphatic carbocycles. The third-order valence-corrected chi connectivity index (χ3v) is 6.57. The summed E-state index contributed by atoms with van der Waals surface area (Å²) < 4.78 is 6.16.